The maximum absolute atomic E-state index is 12.4. The fourth-order valence-electron chi connectivity index (χ4n) is 2.96. The molecule has 2 heterocycles. The monoisotopic (exact) mass is 348 g/mol. The van der Waals surface area contributed by atoms with E-state index in [0.717, 1.165) is 62.7 Å². The van der Waals surface area contributed by atoms with Crippen molar-refractivity contribution >= 4 is 11.5 Å². The van der Waals surface area contributed by atoms with Crippen molar-refractivity contribution in [2.45, 2.75) is 25.9 Å². The van der Waals surface area contributed by atoms with Gasteiger partial charge in [0.05, 0.1) is 6.54 Å². The van der Waals surface area contributed by atoms with E-state index in [-0.39, 0.29) is 10.6 Å². The zero-order chi connectivity index (χ0) is 16.8. The number of hydrogen-bond acceptors (Lipinski definition) is 5. The van der Waals surface area contributed by atoms with Crippen LogP contribution in [0.2, 0.25) is 0 Å². The number of benzene rings is 1. The van der Waals surface area contributed by atoms with Gasteiger partial charge in [0.2, 0.25) is 0 Å². The Hall–Kier alpha value is -1.70. The molecule has 1 N–H and O–H groups in total. The summed E-state index contributed by atoms with van der Waals surface area (Å²) in [4.78, 5) is 26.8. The topological polar surface area (TPSA) is 59.3 Å². The quantitative estimate of drug-likeness (QED) is 0.752. The third kappa shape index (κ3) is 4.43. The standard InChI is InChI=1S/C17H24N4O2S/c22-16-20(14-15-6-2-1-3-7-15)17(23)24-21(16)11-5-4-10-19-12-8-18-9-13-19/h1-3,6-7,18H,4-5,8-14H2. The lowest BCUT2D eigenvalue weighted by molar-refractivity contribution is 0.235. The molecule has 7 heteroatoms. The normalized spacial score (nSPS) is 15.7. The van der Waals surface area contributed by atoms with Crippen LogP contribution in [0.4, 0.5) is 0 Å². The molecule has 0 radical (unpaired) electrons. The van der Waals surface area contributed by atoms with Gasteiger partial charge in [-0.15, -0.1) is 0 Å². The van der Waals surface area contributed by atoms with Crippen molar-refractivity contribution in [1.82, 2.24) is 18.7 Å². The lowest BCUT2D eigenvalue weighted by Gasteiger charge is -2.26. The predicted octanol–water partition coefficient (Wildman–Crippen LogP) is 0.805. The Morgan fingerprint density at radius 2 is 1.71 bits per heavy atom. The van der Waals surface area contributed by atoms with Gasteiger partial charge in [-0.25, -0.2) is 13.3 Å². The van der Waals surface area contributed by atoms with Crippen LogP contribution in [0, 0.1) is 0 Å². The molecule has 0 saturated carbocycles. The fourth-order valence-corrected chi connectivity index (χ4v) is 3.79. The molecule has 0 spiro atoms. The van der Waals surface area contributed by atoms with E-state index in [1.807, 2.05) is 30.3 Å². The van der Waals surface area contributed by atoms with Gasteiger partial charge in [-0.2, -0.15) is 0 Å². The molecule has 1 aromatic heterocycles. The Balaban J connectivity index is 1.54. The van der Waals surface area contributed by atoms with E-state index in [1.165, 1.54) is 4.57 Å². The second-order valence-electron chi connectivity index (χ2n) is 6.11. The van der Waals surface area contributed by atoms with Crippen molar-refractivity contribution in [3.8, 4) is 0 Å². The van der Waals surface area contributed by atoms with Gasteiger partial charge in [-0.05, 0) is 24.9 Å². The summed E-state index contributed by atoms with van der Waals surface area (Å²) in [6.45, 7) is 6.36. The predicted molar refractivity (Wildman–Crippen MR) is 96.9 cm³/mol. The summed E-state index contributed by atoms with van der Waals surface area (Å²) < 4.78 is 2.93. The third-order valence-corrected chi connectivity index (χ3v) is 5.27. The lowest BCUT2D eigenvalue weighted by Crippen LogP contribution is -2.43. The molecular weight excluding hydrogens is 324 g/mol. The number of piperazine rings is 1. The molecule has 0 bridgehead atoms. The van der Waals surface area contributed by atoms with E-state index in [4.69, 9.17) is 0 Å². The van der Waals surface area contributed by atoms with Crippen LogP contribution in [-0.4, -0.2) is 46.1 Å². The zero-order valence-corrected chi connectivity index (χ0v) is 14.6. The number of unbranched alkanes of at least 4 members (excludes halogenated alkanes) is 1. The molecule has 0 aliphatic carbocycles. The molecule has 0 unspecified atom stereocenters. The van der Waals surface area contributed by atoms with Gasteiger partial charge in [0, 0.05) is 44.3 Å². The van der Waals surface area contributed by atoms with Gasteiger partial charge in [0.25, 0.3) is 0 Å². The summed E-state index contributed by atoms with van der Waals surface area (Å²) >= 11 is 1.03. The average Bonchev–Trinajstić information content (AvgIpc) is 2.88. The summed E-state index contributed by atoms with van der Waals surface area (Å²) in [6, 6.07) is 9.63. The second-order valence-corrected chi connectivity index (χ2v) is 7.08. The van der Waals surface area contributed by atoms with E-state index in [2.05, 4.69) is 10.2 Å². The maximum atomic E-state index is 12.4. The number of rotatable bonds is 7. The first-order valence-corrected chi connectivity index (χ1v) is 9.29. The zero-order valence-electron chi connectivity index (χ0n) is 13.8. The van der Waals surface area contributed by atoms with Crippen molar-refractivity contribution < 1.29 is 0 Å². The highest BCUT2D eigenvalue weighted by molar-refractivity contribution is 7.03. The molecular formula is C17H24N4O2S. The fraction of sp³-hybridized carbons (Fsp3) is 0.529. The Morgan fingerprint density at radius 3 is 2.46 bits per heavy atom. The highest BCUT2D eigenvalue weighted by atomic mass is 32.1. The molecule has 1 aromatic carbocycles. The van der Waals surface area contributed by atoms with Crippen molar-refractivity contribution in [3.05, 3.63) is 56.0 Å². The van der Waals surface area contributed by atoms with Crippen molar-refractivity contribution in [2.75, 3.05) is 32.7 Å². The molecule has 1 saturated heterocycles. The number of nitrogens with one attached hydrogen (secondary N) is 1. The van der Waals surface area contributed by atoms with Crippen LogP contribution in [0.3, 0.4) is 0 Å². The number of hydrogen-bond donors (Lipinski definition) is 1. The lowest BCUT2D eigenvalue weighted by atomic mass is 10.2. The Labute approximate surface area is 145 Å². The molecule has 0 atom stereocenters. The van der Waals surface area contributed by atoms with Gasteiger partial charge in [-0.1, -0.05) is 30.3 Å². The van der Waals surface area contributed by atoms with Gasteiger partial charge < -0.3 is 10.2 Å². The van der Waals surface area contributed by atoms with Crippen molar-refractivity contribution in [2.24, 2.45) is 0 Å². The van der Waals surface area contributed by atoms with Crippen LogP contribution in [0.15, 0.2) is 39.9 Å². The van der Waals surface area contributed by atoms with Crippen LogP contribution in [0.25, 0.3) is 0 Å². The highest BCUT2D eigenvalue weighted by Gasteiger charge is 2.11. The minimum absolute atomic E-state index is 0.175. The molecule has 2 aromatic rings. The van der Waals surface area contributed by atoms with E-state index in [1.54, 1.807) is 3.96 Å². The molecule has 3 rings (SSSR count). The van der Waals surface area contributed by atoms with Crippen LogP contribution < -0.4 is 15.9 Å². The van der Waals surface area contributed by atoms with Gasteiger partial charge >= 0.3 is 10.6 Å². The maximum Gasteiger partial charge on any atom is 0.341 e. The summed E-state index contributed by atoms with van der Waals surface area (Å²) in [5.41, 5.74) is 0.788. The minimum Gasteiger partial charge on any atom is -0.314 e. The summed E-state index contributed by atoms with van der Waals surface area (Å²) in [5, 5.41) is 3.34. The number of nitrogens with zero attached hydrogens (tertiary/aromatic N) is 3. The van der Waals surface area contributed by atoms with E-state index in [0.29, 0.717) is 13.1 Å². The third-order valence-electron chi connectivity index (χ3n) is 4.33. The van der Waals surface area contributed by atoms with Crippen LogP contribution >= 0.6 is 11.5 Å². The number of aryl methyl sites for hydroxylation is 1. The van der Waals surface area contributed by atoms with E-state index in [9.17, 15) is 9.59 Å². The van der Waals surface area contributed by atoms with Crippen LogP contribution in [0.5, 0.6) is 0 Å². The molecule has 1 aliphatic heterocycles. The molecule has 6 nitrogen and oxygen atoms in total. The summed E-state index contributed by atoms with van der Waals surface area (Å²) in [7, 11) is 0. The molecule has 0 amide bonds. The van der Waals surface area contributed by atoms with Crippen LogP contribution in [0.1, 0.15) is 18.4 Å². The summed E-state index contributed by atoms with van der Waals surface area (Å²) in [5.74, 6) is 0. The molecule has 130 valence electrons. The first-order chi connectivity index (χ1) is 11.7. The second kappa shape index (κ2) is 8.41. The van der Waals surface area contributed by atoms with E-state index >= 15 is 0 Å². The minimum atomic E-state index is -0.184. The molecule has 24 heavy (non-hydrogen) atoms. The van der Waals surface area contributed by atoms with Crippen molar-refractivity contribution in [3.63, 3.8) is 0 Å². The van der Waals surface area contributed by atoms with Gasteiger partial charge in [0.15, 0.2) is 0 Å². The first kappa shape index (κ1) is 17.1. The van der Waals surface area contributed by atoms with Gasteiger partial charge in [0.1, 0.15) is 0 Å². The van der Waals surface area contributed by atoms with E-state index < -0.39 is 0 Å². The number of aromatic nitrogens is 2. The highest BCUT2D eigenvalue weighted by Crippen LogP contribution is 2.02. The summed E-state index contributed by atoms with van der Waals surface area (Å²) in [6.07, 6.45) is 1.98. The first-order valence-electron chi connectivity index (χ1n) is 8.52. The Morgan fingerprint density at radius 1 is 1.00 bits per heavy atom. The smallest absolute Gasteiger partial charge is 0.314 e. The van der Waals surface area contributed by atoms with Crippen LogP contribution in [-0.2, 0) is 13.1 Å². The Kier molecular flexibility index (Phi) is 6.01. The Bertz CT molecular complexity index is 744. The van der Waals surface area contributed by atoms with Gasteiger partial charge in [-0.3, -0.25) is 4.79 Å². The largest absolute Gasteiger partial charge is 0.341 e. The molecule has 1 fully saturated rings. The average molecular weight is 348 g/mol. The van der Waals surface area contributed by atoms with Crippen molar-refractivity contribution in [1.29, 1.82) is 0 Å². The SMILES string of the molecule is O=c1sn(CCCCN2CCNCC2)c(=O)n1Cc1ccccc1. The molecule has 1 aliphatic rings.